The minimum Gasteiger partial charge on any atom is -0.463 e. The van der Waals surface area contributed by atoms with Gasteiger partial charge in [0, 0.05) is 59.9 Å². The molecule has 0 saturated carbocycles. The molecule has 8 radical (unpaired) electrons. The summed E-state index contributed by atoms with van der Waals surface area (Å²) in [5, 5.41) is 30.1. The summed E-state index contributed by atoms with van der Waals surface area (Å²) in [7, 11) is 0. The standard InChI is InChI=1S/C12H19O4.2C8H11O4.C4H9.Sn/c1-3-5-7-10(9-11(13)14)12(15)16-8-6-4-2;2*1-2-3-6-12-8(11)5-4-7(9)10;1-3-4-2;/h9H,3-8H2,1-2H3;2*4-5H,2-3,6H2,1H3;1,3-4H2,2H3;/b10-9-;2*5-4-;;. The molecule has 0 N–H and O–H groups in total. The van der Waals surface area contributed by atoms with E-state index in [1.165, 1.54) is 6.42 Å². The van der Waals surface area contributed by atoms with Crippen molar-refractivity contribution >= 4 is 59.7 Å². The van der Waals surface area contributed by atoms with Gasteiger partial charge < -0.3 is 14.2 Å². The summed E-state index contributed by atoms with van der Waals surface area (Å²) in [5.74, 6) is -5.98. The fourth-order valence-electron chi connectivity index (χ4n) is 2.15. The maximum Gasteiger partial charge on any atom is 0.379 e. The second kappa shape index (κ2) is 40.8. The van der Waals surface area contributed by atoms with Gasteiger partial charge in [-0.3, -0.25) is 0 Å². The van der Waals surface area contributed by atoms with Crippen LogP contribution < -0.4 is 0 Å². The molecule has 0 aromatic heterocycles. The van der Waals surface area contributed by atoms with E-state index in [0.29, 0.717) is 38.4 Å². The Morgan fingerprint density at radius 1 is 0.533 bits per heavy atom. The molecule has 254 valence electrons. The Labute approximate surface area is 285 Å². The van der Waals surface area contributed by atoms with Crippen molar-refractivity contribution in [3.05, 3.63) is 42.9 Å². The number of unbranched alkanes of at least 4 members (excludes halogenated alkanes) is 5. The summed E-state index contributed by atoms with van der Waals surface area (Å²) in [5.41, 5.74) is 0.193. The molecule has 0 rings (SSSR count). The van der Waals surface area contributed by atoms with Crippen molar-refractivity contribution in [1.82, 2.24) is 0 Å². The average molecular weight is 745 g/mol. The molecule has 0 atom stereocenters. The molecule has 0 saturated heterocycles. The molecule has 12 nitrogen and oxygen atoms in total. The normalized spacial score (nSPS) is 10.0. The van der Waals surface area contributed by atoms with E-state index in [4.69, 9.17) is 4.74 Å². The molecular weight excluding hydrogens is 695 g/mol. The number of hydrogen-bond acceptors (Lipinski definition) is 9. The fraction of sp³-hybridized carbons (Fsp3) is 0.594. The van der Waals surface area contributed by atoms with Crippen molar-refractivity contribution in [2.24, 2.45) is 0 Å². The largest absolute Gasteiger partial charge is 0.463 e. The molecule has 0 aromatic carbocycles. The van der Waals surface area contributed by atoms with Crippen molar-refractivity contribution in [2.45, 2.75) is 105 Å². The number of carbonyl (C=O) groups is 6. The quantitative estimate of drug-likeness (QED) is 0.0553. The first-order valence-corrected chi connectivity index (χ1v) is 14.9. The summed E-state index contributed by atoms with van der Waals surface area (Å²) < 4.78 is 14.2. The molecule has 45 heavy (non-hydrogen) atoms. The first kappa shape index (κ1) is 51.4. The summed E-state index contributed by atoms with van der Waals surface area (Å²) in [6.45, 7) is 14.6. The molecule has 13 heteroatoms. The Bertz CT molecular complexity index is 835. The monoisotopic (exact) mass is 746 g/mol. The zero-order chi connectivity index (χ0) is 34.6. The van der Waals surface area contributed by atoms with E-state index in [2.05, 4.69) is 23.3 Å². The molecule has 0 heterocycles. The van der Waals surface area contributed by atoms with Crippen LogP contribution in [-0.4, -0.2) is 79.5 Å². The second-order valence-electron chi connectivity index (χ2n) is 8.78. The van der Waals surface area contributed by atoms with Crippen LogP contribution in [-0.2, 0) is 58.3 Å². The van der Waals surface area contributed by atoms with Gasteiger partial charge in [-0.15, -0.1) is 0 Å². The molecule has 0 fully saturated rings. The number of ether oxygens (including phenoxy) is 3. The number of rotatable bonds is 19. The molecule has 0 unspecified atom stereocenters. The predicted octanol–water partition coefficient (Wildman–Crippen LogP) is 5.33. The van der Waals surface area contributed by atoms with Crippen LogP contribution in [0.3, 0.4) is 0 Å². The van der Waals surface area contributed by atoms with Crippen molar-refractivity contribution in [3.8, 4) is 0 Å². The molecule has 0 spiro atoms. The van der Waals surface area contributed by atoms with Gasteiger partial charge in [-0.25, -0.2) is 44.1 Å². The zero-order valence-electron chi connectivity index (χ0n) is 27.4. The van der Waals surface area contributed by atoms with E-state index in [1.54, 1.807) is 0 Å². The van der Waals surface area contributed by atoms with Crippen LogP contribution in [0.5, 0.6) is 0 Å². The Morgan fingerprint density at radius 3 is 1.18 bits per heavy atom. The molecule has 0 aliphatic carbocycles. The average Bonchev–Trinajstić information content (AvgIpc) is 2.98. The second-order valence-corrected chi connectivity index (χ2v) is 8.78. The molecule has 0 aliphatic rings. The fourth-order valence-corrected chi connectivity index (χ4v) is 2.15. The Balaban J connectivity index is -0.000000168. The van der Waals surface area contributed by atoms with E-state index >= 15 is 0 Å². The molecule has 0 aromatic rings. The zero-order valence-corrected chi connectivity index (χ0v) is 30.2. The van der Waals surface area contributed by atoms with E-state index in [0.717, 1.165) is 76.0 Å². The molecule has 0 aliphatic heterocycles. The van der Waals surface area contributed by atoms with Gasteiger partial charge in [-0.1, -0.05) is 80.1 Å². The van der Waals surface area contributed by atoms with Crippen LogP contribution in [0.25, 0.3) is 0 Å². The minimum atomic E-state index is -1.40. The van der Waals surface area contributed by atoms with Gasteiger partial charge in [0.05, 0.1) is 19.8 Å². The van der Waals surface area contributed by atoms with E-state index < -0.39 is 35.8 Å². The van der Waals surface area contributed by atoms with Crippen LogP contribution in [0.15, 0.2) is 36.0 Å². The Morgan fingerprint density at radius 2 is 0.889 bits per heavy atom. The molecule has 0 amide bonds. The topological polar surface area (TPSA) is 190 Å². The van der Waals surface area contributed by atoms with Crippen molar-refractivity contribution in [1.29, 1.82) is 0 Å². The van der Waals surface area contributed by atoms with Crippen LogP contribution in [0.2, 0.25) is 0 Å². The number of carbonyl (C=O) groups excluding carboxylic acids is 6. The maximum atomic E-state index is 11.5. The van der Waals surface area contributed by atoms with E-state index in [1.807, 2.05) is 27.7 Å². The number of hydrogen-bond donors (Lipinski definition) is 0. The Kier molecular flexibility index (Phi) is 46.7. The third kappa shape index (κ3) is 50.8. The van der Waals surface area contributed by atoms with Gasteiger partial charge in [0.1, 0.15) is 0 Å². The van der Waals surface area contributed by atoms with Gasteiger partial charge in [0.2, 0.25) is 0 Å². The van der Waals surface area contributed by atoms with Crippen molar-refractivity contribution in [2.75, 3.05) is 19.8 Å². The Hall–Kier alpha value is -3.16. The van der Waals surface area contributed by atoms with Crippen LogP contribution >= 0.6 is 0 Å². The van der Waals surface area contributed by atoms with Gasteiger partial charge in [0.25, 0.3) is 0 Å². The predicted molar refractivity (Wildman–Crippen MR) is 167 cm³/mol. The molecule has 0 bridgehead atoms. The SMILES string of the molecule is CCCCOC(=O)/C(=C\C([O])=O)CCCC.CCCCOC(=O)/C=C\C([O])=O.CCCCOC(=O)/C=C\C([O])=O.[CH2]CCC.[Sn]. The first-order chi connectivity index (χ1) is 20.9. The summed E-state index contributed by atoms with van der Waals surface area (Å²) >= 11 is 0. The van der Waals surface area contributed by atoms with Gasteiger partial charge in [0.15, 0.2) is 0 Å². The summed E-state index contributed by atoms with van der Waals surface area (Å²) in [4.78, 5) is 62.8. The van der Waals surface area contributed by atoms with Crippen LogP contribution in [0.4, 0.5) is 0 Å². The summed E-state index contributed by atoms with van der Waals surface area (Å²) in [6.07, 6.45) is 13.3. The van der Waals surface area contributed by atoms with Crippen LogP contribution in [0.1, 0.15) is 105 Å². The van der Waals surface area contributed by atoms with Crippen molar-refractivity contribution in [3.63, 3.8) is 0 Å². The maximum absolute atomic E-state index is 11.5. The summed E-state index contributed by atoms with van der Waals surface area (Å²) in [6, 6.07) is 0. The van der Waals surface area contributed by atoms with Crippen LogP contribution in [0, 0.1) is 6.92 Å². The first-order valence-electron chi connectivity index (χ1n) is 14.9. The third-order valence-corrected chi connectivity index (χ3v) is 4.63. The van der Waals surface area contributed by atoms with Gasteiger partial charge in [-0.2, -0.15) is 0 Å². The van der Waals surface area contributed by atoms with Gasteiger partial charge in [-0.05, 0) is 32.1 Å². The molecular formula is C32H50O12Sn. The van der Waals surface area contributed by atoms with E-state index in [-0.39, 0.29) is 29.5 Å². The van der Waals surface area contributed by atoms with Crippen molar-refractivity contribution < 1.29 is 58.3 Å². The smallest absolute Gasteiger partial charge is 0.379 e. The third-order valence-electron chi connectivity index (χ3n) is 4.63. The van der Waals surface area contributed by atoms with Gasteiger partial charge >= 0.3 is 35.8 Å². The number of esters is 3. The minimum absolute atomic E-state index is 0. The van der Waals surface area contributed by atoms with E-state index in [9.17, 15) is 44.1 Å².